The largest absolute Gasteiger partial charge is 0.507 e. The molecule has 21 heteroatoms. The third-order valence-corrected chi connectivity index (χ3v) is 9.49. The van der Waals surface area contributed by atoms with Crippen LogP contribution in [0.5, 0.6) is 23.0 Å². The number of hydrogen-bond donors (Lipinski definition) is 11. The van der Waals surface area contributed by atoms with Gasteiger partial charge < -0.3 is 80.9 Å². The number of carbonyl (C=O) groups is 1. The van der Waals surface area contributed by atoms with E-state index in [-0.39, 0.29) is 22.7 Å². The molecule has 6 aromatic carbocycles. The summed E-state index contributed by atoms with van der Waals surface area (Å²) in [4.78, 5) is 16.5. The third-order valence-electron chi connectivity index (χ3n) is 9.02. The lowest BCUT2D eigenvalue weighted by atomic mass is 10.1. The van der Waals surface area contributed by atoms with E-state index >= 15 is 0 Å². The molecule has 7 aromatic rings. The van der Waals surface area contributed by atoms with Crippen LogP contribution < -0.4 is 70.7 Å². The van der Waals surface area contributed by atoms with Crippen molar-refractivity contribution in [1.82, 2.24) is 4.98 Å². The average Bonchev–Trinajstić information content (AvgIpc) is 3.34. The zero-order chi connectivity index (χ0) is 53.1. The lowest BCUT2D eigenvalue weighted by molar-refractivity contribution is -0.136. The first kappa shape index (κ1) is 58.5. The summed E-state index contributed by atoms with van der Waals surface area (Å²) in [5.41, 5.74) is 52.2. The molecule has 71 heavy (non-hydrogen) atoms. The standard InChI is InChI=1S/C10H16N2.C8H9NO2.C7H7F3N2.C7H7NO3.C7H9NO.C6H8N2.C5H5BrN2/c1-3-12(4-2)10-7-5-9(11)6-8-10;9-6-1-2-7-8(5-6)11-4-3-10-7;8-7(9,10)5-3-4(11)1-2-6(5)12;8-4-1-2-6(9)5(3-4)7(10)11;1-9-7-4-2-6(8)3-5-7;7-5-1-2-6(8)4-3-5;6-4-1-2-5(7)8-3-4/h5-8H,3-4,11H2,1-2H3;1-2,5H,3-4,9H2;1-3H,11-12H2;1-3,9H,8H2,(H,10,11);2-5H,8H2,1H3;1-4H,7-8H2;1-3H,(H2,7,8). The van der Waals surface area contributed by atoms with Crippen LogP contribution >= 0.6 is 15.9 Å². The molecule has 1 aliphatic heterocycles. The second-order valence-electron chi connectivity index (χ2n) is 14.4. The Labute approximate surface area is 419 Å². The lowest BCUT2D eigenvalue weighted by Gasteiger charge is -2.20. The van der Waals surface area contributed by atoms with Gasteiger partial charge in [0, 0.05) is 81.0 Å². The predicted molar refractivity (Wildman–Crippen MR) is 285 cm³/mol. The first-order chi connectivity index (χ1) is 33.6. The number of aromatic nitrogens is 1. The van der Waals surface area contributed by atoms with Crippen molar-refractivity contribution in [3.05, 3.63) is 161 Å². The van der Waals surface area contributed by atoms with Gasteiger partial charge in [0.1, 0.15) is 36.1 Å². The molecule has 1 aliphatic rings. The minimum atomic E-state index is -4.43. The molecular weight excluding hydrogens is 988 g/mol. The predicted octanol–water partition coefficient (Wildman–Crippen LogP) is 9.25. The molecule has 17 nitrogen and oxygen atoms in total. The molecular formula is C50H61BrF3N11O6. The number of aromatic hydroxyl groups is 1. The van der Waals surface area contributed by atoms with E-state index in [2.05, 4.69) is 51.8 Å². The topological polar surface area (TPSA) is 336 Å². The molecule has 380 valence electrons. The van der Waals surface area contributed by atoms with Crippen molar-refractivity contribution < 1.29 is 42.4 Å². The molecule has 2 heterocycles. The van der Waals surface area contributed by atoms with Gasteiger partial charge in [0.25, 0.3) is 0 Å². The monoisotopic (exact) mass is 1050 g/mol. The Hall–Kier alpha value is -8.59. The Balaban J connectivity index is 0.000000285. The molecule has 0 amide bonds. The van der Waals surface area contributed by atoms with Crippen molar-refractivity contribution in [3.8, 4) is 23.0 Å². The smallest absolute Gasteiger partial charge is 0.418 e. The van der Waals surface area contributed by atoms with Crippen molar-refractivity contribution in [2.45, 2.75) is 20.0 Å². The summed E-state index contributed by atoms with van der Waals surface area (Å²) >= 11 is 3.23. The molecule has 0 saturated carbocycles. The van der Waals surface area contributed by atoms with E-state index in [4.69, 9.17) is 76.0 Å². The number of anilines is 10. The van der Waals surface area contributed by atoms with Crippen molar-refractivity contribution in [2.24, 2.45) is 0 Å². The molecule has 0 aliphatic carbocycles. The van der Waals surface area contributed by atoms with Crippen molar-refractivity contribution >= 4 is 78.9 Å². The highest BCUT2D eigenvalue weighted by Gasteiger charge is 2.32. The van der Waals surface area contributed by atoms with Crippen LogP contribution in [0.15, 0.2) is 150 Å². The van der Waals surface area contributed by atoms with E-state index in [0.717, 1.165) is 69.7 Å². The Kier molecular flexibility index (Phi) is 24.7. The van der Waals surface area contributed by atoms with Gasteiger partial charge in [-0.3, -0.25) is 0 Å². The molecule has 0 fully saturated rings. The van der Waals surface area contributed by atoms with Gasteiger partial charge in [0.05, 0.1) is 12.7 Å². The minimum absolute atomic E-state index is 0.0523. The number of hydrogen-bond acceptors (Lipinski definition) is 16. The van der Waals surface area contributed by atoms with Crippen LogP contribution in [0.25, 0.3) is 0 Å². The number of phenols is 1. The van der Waals surface area contributed by atoms with Crippen LogP contribution in [-0.4, -0.2) is 54.6 Å². The van der Waals surface area contributed by atoms with Crippen LogP contribution in [0.4, 0.5) is 70.2 Å². The number of methoxy groups -OCH3 is 1. The van der Waals surface area contributed by atoms with Crippen molar-refractivity contribution in [3.63, 3.8) is 0 Å². The number of rotatable bonds is 5. The van der Waals surface area contributed by atoms with Crippen molar-refractivity contribution in [1.29, 1.82) is 0 Å². The number of carboxylic acids is 1. The Morgan fingerprint density at radius 2 is 1.08 bits per heavy atom. The lowest BCUT2D eigenvalue weighted by Crippen LogP contribution is -2.21. The zero-order valence-electron chi connectivity index (χ0n) is 39.3. The molecule has 8 rings (SSSR count). The first-order valence-corrected chi connectivity index (χ1v) is 22.0. The number of nitrogens with zero attached hydrogens (tertiary/aromatic N) is 2. The minimum Gasteiger partial charge on any atom is -0.507 e. The summed E-state index contributed by atoms with van der Waals surface area (Å²) in [5, 5.41) is 17.4. The molecule has 0 saturated heterocycles. The highest BCUT2D eigenvalue weighted by atomic mass is 79.9. The maximum Gasteiger partial charge on any atom is 0.418 e. The SMILES string of the molecule is CCN(CC)c1ccc(N)cc1.COc1ccc(N)cc1.Nc1ccc(Br)cn1.Nc1ccc(N)c(C(F)(F)F)c1.Nc1ccc(N)cc1.Nc1ccc(O)c(C(=O)O)c1.Nc1ccc2c(c1)OCCO2. The number of benzene rings is 6. The number of aromatic carboxylic acids is 1. The summed E-state index contributed by atoms with van der Waals surface area (Å²) in [6, 6.07) is 38.5. The van der Waals surface area contributed by atoms with Gasteiger partial charge in [-0.1, -0.05) is 0 Å². The fraction of sp³-hybridized carbons (Fsp3) is 0.160. The highest BCUT2D eigenvalue weighted by molar-refractivity contribution is 9.10. The van der Waals surface area contributed by atoms with Gasteiger partial charge in [-0.25, -0.2) is 9.78 Å². The summed E-state index contributed by atoms with van der Waals surface area (Å²) < 4.78 is 52.7. The van der Waals surface area contributed by atoms with Gasteiger partial charge in [0.15, 0.2) is 11.5 Å². The van der Waals surface area contributed by atoms with E-state index in [1.54, 1.807) is 67.9 Å². The number of nitrogen functional groups attached to an aromatic ring is 9. The van der Waals surface area contributed by atoms with Crippen LogP contribution in [0.2, 0.25) is 0 Å². The van der Waals surface area contributed by atoms with Crippen molar-refractivity contribution in [2.75, 3.05) is 89.9 Å². The Morgan fingerprint density at radius 1 is 0.634 bits per heavy atom. The fourth-order valence-electron chi connectivity index (χ4n) is 5.37. The van der Waals surface area contributed by atoms with Gasteiger partial charge in [0.2, 0.25) is 0 Å². The molecule has 0 bridgehead atoms. The van der Waals surface area contributed by atoms with Gasteiger partial charge >= 0.3 is 12.1 Å². The molecule has 0 spiro atoms. The fourth-order valence-corrected chi connectivity index (χ4v) is 5.60. The third kappa shape index (κ3) is 22.8. The van der Waals surface area contributed by atoms with E-state index in [1.165, 1.54) is 30.0 Å². The van der Waals surface area contributed by atoms with E-state index in [1.807, 2.05) is 36.4 Å². The first-order valence-electron chi connectivity index (χ1n) is 21.2. The number of halogens is 4. The second-order valence-corrected chi connectivity index (χ2v) is 15.3. The number of alkyl halides is 3. The quantitative estimate of drug-likeness (QED) is 0.0565. The maximum atomic E-state index is 12.1. The van der Waals surface area contributed by atoms with Crippen LogP contribution in [0, 0.1) is 0 Å². The number of pyridine rings is 1. The Bertz CT molecular complexity index is 2560. The molecule has 0 atom stereocenters. The highest BCUT2D eigenvalue weighted by Crippen LogP contribution is 2.34. The second kappa shape index (κ2) is 30.0. The Morgan fingerprint density at radius 3 is 1.52 bits per heavy atom. The van der Waals surface area contributed by atoms with Crippen LogP contribution in [-0.2, 0) is 6.18 Å². The number of carboxylic acid groups (broad SMARTS) is 1. The maximum absolute atomic E-state index is 12.1. The van der Waals surface area contributed by atoms with Gasteiger partial charge in [-0.15, -0.1) is 0 Å². The number of ether oxygens (including phenoxy) is 3. The molecule has 1 aromatic heterocycles. The molecule has 0 radical (unpaired) electrons. The number of nitrogens with two attached hydrogens (primary N) is 9. The molecule has 0 unspecified atom stereocenters. The molecule has 20 N–H and O–H groups in total. The van der Waals surface area contributed by atoms with E-state index in [0.29, 0.717) is 30.4 Å². The summed E-state index contributed by atoms with van der Waals surface area (Å²) in [7, 11) is 1.63. The summed E-state index contributed by atoms with van der Waals surface area (Å²) in [5.74, 6) is 1.46. The zero-order valence-corrected chi connectivity index (χ0v) is 40.9. The number of fused-ring (bicyclic) bond motifs is 1. The van der Waals surface area contributed by atoms with E-state index in [9.17, 15) is 18.0 Å². The summed E-state index contributed by atoms with van der Waals surface area (Å²) in [6.07, 6.45) is -2.77. The normalized spacial score (nSPS) is 10.5. The summed E-state index contributed by atoms with van der Waals surface area (Å²) in [6.45, 7) is 7.62. The average molecular weight is 1050 g/mol. The van der Waals surface area contributed by atoms with Gasteiger partial charge in [-0.2, -0.15) is 13.2 Å². The van der Waals surface area contributed by atoms with Crippen LogP contribution in [0.3, 0.4) is 0 Å². The van der Waals surface area contributed by atoms with E-state index < -0.39 is 17.7 Å². The van der Waals surface area contributed by atoms with Gasteiger partial charge in [-0.05, 0) is 163 Å². The van der Waals surface area contributed by atoms with Crippen LogP contribution in [0.1, 0.15) is 29.8 Å².